The van der Waals surface area contributed by atoms with Gasteiger partial charge in [0.25, 0.3) is 0 Å². The first-order valence-electron chi connectivity index (χ1n) is 26.7. The molecule has 0 radical (unpaired) electrons. The lowest BCUT2D eigenvalue weighted by molar-refractivity contribution is -0.318. The molecule has 6 heterocycles. The van der Waals surface area contributed by atoms with Crippen LogP contribution in [0.4, 0.5) is 9.59 Å². The molecule has 492 valence electrons. The number of nitrogens with one attached hydrogen (secondary N) is 4. The number of likely N-dealkylation sites (N-methyl/N-ethyl adjacent to an activating group) is 2. The van der Waals surface area contributed by atoms with E-state index in [0.717, 1.165) is 0 Å². The second-order valence-electron chi connectivity index (χ2n) is 21.4. The summed E-state index contributed by atoms with van der Waals surface area (Å²) < 4.78 is 58.4. The van der Waals surface area contributed by atoms with E-state index in [1.165, 1.54) is 27.9 Å². The zero-order chi connectivity index (χ0) is 63.9. The van der Waals surface area contributed by atoms with Crippen LogP contribution in [0.25, 0.3) is 0 Å². The van der Waals surface area contributed by atoms with Gasteiger partial charge in [-0.05, 0) is 27.9 Å². The highest BCUT2D eigenvalue weighted by Gasteiger charge is 2.71. The number of amides is 2. The molecule has 0 unspecified atom stereocenters. The van der Waals surface area contributed by atoms with Crippen LogP contribution in [-0.4, -0.2) is 330 Å². The van der Waals surface area contributed by atoms with E-state index in [0.29, 0.717) is 0 Å². The fraction of sp³-hybridized carbons (Fsp3) is 0.864. The first-order chi connectivity index (χ1) is 40.3. The van der Waals surface area contributed by atoms with Crippen molar-refractivity contribution in [3.8, 4) is 0 Å². The Labute approximate surface area is 486 Å². The predicted octanol–water partition coefficient (Wildman–Crippen LogP) is -16.6. The minimum atomic E-state index is -2.03. The molecule has 0 aromatic rings. The number of nitrogens with zero attached hydrogens (tertiary/aromatic N) is 4. The Hall–Kier alpha value is -5.34. The van der Waals surface area contributed by atoms with Gasteiger partial charge >= 0.3 is 12.2 Å². The van der Waals surface area contributed by atoms with E-state index in [-0.39, 0.29) is 0 Å². The van der Waals surface area contributed by atoms with Crippen molar-refractivity contribution in [3.05, 3.63) is 0 Å². The number of guanidine groups is 4. The molecule has 6 saturated heterocycles. The molecule has 0 aromatic carbocycles. The van der Waals surface area contributed by atoms with E-state index in [1.54, 1.807) is 0 Å². The number of aliphatic hydroxyl groups is 14. The summed E-state index contributed by atoms with van der Waals surface area (Å²) in [5.74, 6) is -2.08. The van der Waals surface area contributed by atoms with Gasteiger partial charge in [-0.1, -0.05) is 0 Å². The Morgan fingerprint density at radius 3 is 1.03 bits per heavy atom. The number of rotatable bonds is 16. The van der Waals surface area contributed by atoms with Crippen molar-refractivity contribution in [1.29, 1.82) is 0 Å². The van der Waals surface area contributed by atoms with Gasteiger partial charge in [0.05, 0.1) is 25.3 Å². The fourth-order valence-electron chi connectivity index (χ4n) is 11.8. The van der Waals surface area contributed by atoms with Gasteiger partial charge in [0.15, 0.2) is 73.7 Å². The van der Waals surface area contributed by atoms with Gasteiger partial charge in [0.2, 0.25) is 11.2 Å². The summed E-state index contributed by atoms with van der Waals surface area (Å²) in [5, 5.41) is 159. The number of carbonyl (C=O) groups excluding carboxylic acids is 2. The van der Waals surface area contributed by atoms with Crippen LogP contribution in [0, 0.1) is 0 Å². The minimum Gasteiger partial charge on any atom is -0.432 e. The second kappa shape index (κ2) is 27.2. The molecule has 34 N–H and O–H groups in total. The quantitative estimate of drug-likeness (QED) is 0.0504. The number of hydrogen-bond acceptors (Lipinski definition) is 32. The van der Waals surface area contributed by atoms with Gasteiger partial charge in [-0.25, -0.2) is 29.6 Å². The van der Waals surface area contributed by atoms with Gasteiger partial charge in [-0.15, -0.1) is 0 Å². The number of aliphatic imine (C=N–C) groups is 4. The van der Waals surface area contributed by atoms with Gasteiger partial charge in [-0.3, -0.25) is 10.6 Å². The van der Waals surface area contributed by atoms with Crippen molar-refractivity contribution in [3.63, 3.8) is 0 Å². The Morgan fingerprint density at radius 2 is 0.767 bits per heavy atom. The average molecular weight is 1250 g/mol. The molecule has 2 saturated carbocycles. The average Bonchev–Trinajstić information content (AvgIpc) is 1.78. The van der Waals surface area contributed by atoms with E-state index in [4.69, 9.17) is 93.2 Å². The maximum atomic E-state index is 12.3. The molecule has 2 spiro atoms. The molecule has 42 heteroatoms. The number of aliphatic hydroxyl groups excluding tert-OH is 14. The molecule has 86 heavy (non-hydrogen) atoms. The number of nitrogens with two attached hydrogens (primary N) is 8. The van der Waals surface area contributed by atoms with Crippen LogP contribution < -0.4 is 67.1 Å². The van der Waals surface area contributed by atoms with Crippen molar-refractivity contribution in [2.45, 2.75) is 209 Å². The van der Waals surface area contributed by atoms with Crippen LogP contribution in [0.5, 0.6) is 0 Å². The van der Waals surface area contributed by atoms with Crippen LogP contribution >= 0.6 is 0 Å². The highest BCUT2D eigenvalue weighted by Crippen LogP contribution is 2.47. The lowest BCUT2D eigenvalue weighted by Crippen LogP contribution is -2.67. The van der Waals surface area contributed by atoms with E-state index in [2.05, 4.69) is 41.2 Å². The summed E-state index contributed by atoms with van der Waals surface area (Å²) in [6, 6.07) is -8.24. The van der Waals surface area contributed by atoms with E-state index in [9.17, 15) is 81.1 Å². The fourth-order valence-corrected chi connectivity index (χ4v) is 11.8. The summed E-state index contributed by atoms with van der Waals surface area (Å²) in [7, 11) is 2.86. The van der Waals surface area contributed by atoms with Gasteiger partial charge in [-0.2, -0.15) is 0 Å². The first kappa shape index (κ1) is 68.2. The molecule has 0 bridgehead atoms. The molecule has 2 aliphatic carbocycles. The zero-order valence-corrected chi connectivity index (χ0v) is 46.3. The van der Waals surface area contributed by atoms with Crippen LogP contribution in [0.2, 0.25) is 0 Å². The standard InChI is InChI=1S/2C22H40N8O13/c2*1-4-22(18(37)30-21(38)43-22)15(42-16-8(27-2)12(35)9(32)5(3-31)40-16)17(39-4)41-14-7(29-20(25)26)10(33)6(28-19(23)24)11(34)13(14)36/h2*4-18,27,31-37H,3H2,1-2H3,(H,30,38)(H4,23,24,28)(H4,25,26,29)/t4-,5-,6+,7-,8-,9-,10+,11-,12-,13+,14+,15-,16-,17-,18+,22+;4-,5-,6+,7-,8-,9-,10+,11-,12-,13+,14+,15-,16-,17-,18-,22+/m00/s1. The summed E-state index contributed by atoms with van der Waals surface area (Å²) in [4.78, 5) is 39.9. The summed E-state index contributed by atoms with van der Waals surface area (Å²) in [6.07, 6.45) is -40.3. The van der Waals surface area contributed by atoms with E-state index >= 15 is 0 Å². The third-order valence-corrected chi connectivity index (χ3v) is 16.1. The lowest BCUT2D eigenvalue weighted by atomic mass is 9.81. The third-order valence-electron chi connectivity index (χ3n) is 16.1. The summed E-state index contributed by atoms with van der Waals surface area (Å²) in [5.41, 5.74) is 39.8. The smallest absolute Gasteiger partial charge is 0.410 e. The van der Waals surface area contributed by atoms with Crippen LogP contribution in [-0.2, 0) is 47.4 Å². The predicted molar refractivity (Wildman–Crippen MR) is 281 cm³/mol. The second-order valence-corrected chi connectivity index (χ2v) is 21.4. The number of ether oxygens (including phenoxy) is 10. The zero-order valence-electron chi connectivity index (χ0n) is 46.3. The molecular formula is C44H80N16O26. The van der Waals surface area contributed by atoms with E-state index < -0.39 is 244 Å². The summed E-state index contributed by atoms with van der Waals surface area (Å²) in [6.45, 7) is 1.41. The maximum absolute atomic E-state index is 12.3. The first-order valence-corrected chi connectivity index (χ1v) is 26.7. The highest BCUT2D eigenvalue weighted by atomic mass is 16.8. The van der Waals surface area contributed by atoms with Gasteiger partial charge in [0, 0.05) is 0 Å². The van der Waals surface area contributed by atoms with Gasteiger partial charge in [0.1, 0.15) is 122 Å². The molecule has 2 amide bonds. The normalized spacial score (nSPS) is 48.0. The van der Waals surface area contributed by atoms with Crippen molar-refractivity contribution < 1.29 is 128 Å². The molecule has 8 aliphatic rings. The molecule has 8 fully saturated rings. The van der Waals surface area contributed by atoms with Crippen LogP contribution in [0.1, 0.15) is 13.8 Å². The molecule has 6 aliphatic heterocycles. The van der Waals surface area contributed by atoms with Crippen molar-refractivity contribution in [1.82, 2.24) is 21.3 Å². The Kier molecular flexibility index (Phi) is 21.5. The molecule has 32 atom stereocenters. The monoisotopic (exact) mass is 1250 g/mol. The summed E-state index contributed by atoms with van der Waals surface area (Å²) >= 11 is 0. The van der Waals surface area contributed by atoms with Crippen LogP contribution in [0.15, 0.2) is 20.0 Å². The molecule has 42 nitrogen and oxygen atoms in total. The Balaban J connectivity index is 0.000000246. The number of alkyl carbamates (subject to hydrolysis) is 2. The van der Waals surface area contributed by atoms with Gasteiger partial charge < -0.3 is 175 Å². The van der Waals surface area contributed by atoms with Crippen LogP contribution in [0.3, 0.4) is 0 Å². The van der Waals surface area contributed by atoms with Crippen molar-refractivity contribution in [2.75, 3.05) is 27.3 Å². The Morgan fingerprint density at radius 1 is 0.453 bits per heavy atom. The third kappa shape index (κ3) is 12.8. The largest absolute Gasteiger partial charge is 0.432 e. The topological polar surface area (TPSA) is 715 Å². The number of carbonyl (C=O) groups is 2. The van der Waals surface area contributed by atoms with Crippen molar-refractivity contribution in [2.24, 2.45) is 65.8 Å². The minimum absolute atomic E-state index is 0.508. The SMILES string of the molecule is CN[C@@H]1[C@H](O[C@H]2[C@H](O[C@H]3[C@H](O)[C@@H](O)[C@H](N=C(N)N)[C@@H](O)[C@@H]3N=C(N)N)O[C@@H](C)[C@@]23OC(=O)N[C@@H]3O)O[C@@H](CO)[C@H](O)[C@H]1O.CN[C@@H]1[C@H](O[C@H]2[C@H](O[C@H]3[C@H](O)[C@@H](O)[C@H](N=C(N)N)[C@@H](O)[C@@H]3N=C(N)N)O[C@@H](C)[C@@]23OC(=O)N[C@H]3O)O[C@@H](CO)[C@H](O)[C@H]1O. The molecule has 8 rings (SSSR count). The molecular weight excluding hydrogens is 1170 g/mol. The van der Waals surface area contributed by atoms with E-state index in [1.807, 2.05) is 0 Å². The Bertz CT molecular complexity index is 2290. The number of hydrogen-bond donors (Lipinski definition) is 26. The highest BCUT2D eigenvalue weighted by molar-refractivity contribution is 5.77. The lowest BCUT2D eigenvalue weighted by Gasteiger charge is -2.46. The maximum Gasteiger partial charge on any atom is 0.410 e. The molecule has 0 aromatic heterocycles. The van der Waals surface area contributed by atoms with Crippen molar-refractivity contribution >= 4 is 36.0 Å².